The molecule has 0 amide bonds. The summed E-state index contributed by atoms with van der Waals surface area (Å²) in [7, 11) is 0. The van der Waals surface area contributed by atoms with Gasteiger partial charge in [-0.15, -0.1) is 0 Å². The number of hydrogen-bond acceptors (Lipinski definition) is 1. The van der Waals surface area contributed by atoms with Crippen molar-refractivity contribution in [3.05, 3.63) is 0 Å². The van der Waals surface area contributed by atoms with Gasteiger partial charge in [0, 0.05) is 6.04 Å². The van der Waals surface area contributed by atoms with Gasteiger partial charge in [-0.2, -0.15) is 0 Å². The Morgan fingerprint density at radius 1 is 0.550 bits per heavy atom. The minimum Gasteiger partial charge on any atom is -0.328 e. The number of rotatable bonds is 16. The molecule has 20 heavy (non-hydrogen) atoms. The van der Waals surface area contributed by atoms with Crippen molar-refractivity contribution in [2.75, 3.05) is 0 Å². The Balaban J connectivity index is 2.96. The summed E-state index contributed by atoms with van der Waals surface area (Å²) in [4.78, 5) is 0. The first-order valence-electron chi connectivity index (χ1n) is 9.56. The first-order chi connectivity index (χ1) is 9.81. The lowest BCUT2D eigenvalue weighted by Gasteiger charge is -2.07. The highest BCUT2D eigenvalue weighted by atomic mass is 14.6. The fraction of sp³-hybridized carbons (Fsp3) is 1.00. The molecule has 0 spiro atoms. The van der Waals surface area contributed by atoms with Crippen LogP contribution in [-0.4, -0.2) is 6.04 Å². The van der Waals surface area contributed by atoms with Gasteiger partial charge in [-0.3, -0.25) is 0 Å². The summed E-state index contributed by atoms with van der Waals surface area (Å²) in [6, 6.07) is 0.451. The maximum absolute atomic E-state index is 5.92. The quantitative estimate of drug-likeness (QED) is 0.317. The van der Waals surface area contributed by atoms with Crippen LogP contribution < -0.4 is 5.73 Å². The third kappa shape index (κ3) is 16.0. The third-order valence-electron chi connectivity index (χ3n) is 4.45. The molecule has 0 heterocycles. The van der Waals surface area contributed by atoms with Gasteiger partial charge in [0.05, 0.1) is 0 Å². The van der Waals surface area contributed by atoms with Crippen LogP contribution in [0, 0.1) is 0 Å². The Hall–Kier alpha value is -0.0400. The molecule has 1 heteroatoms. The van der Waals surface area contributed by atoms with Gasteiger partial charge in [0.25, 0.3) is 0 Å². The maximum Gasteiger partial charge on any atom is 0.00362 e. The van der Waals surface area contributed by atoms with Gasteiger partial charge in [-0.05, 0) is 12.8 Å². The van der Waals surface area contributed by atoms with E-state index in [-0.39, 0.29) is 0 Å². The zero-order valence-corrected chi connectivity index (χ0v) is 14.5. The van der Waals surface area contributed by atoms with Gasteiger partial charge in [0.1, 0.15) is 0 Å². The topological polar surface area (TPSA) is 26.0 Å². The summed E-state index contributed by atoms with van der Waals surface area (Å²) in [5.74, 6) is 0. The molecule has 1 nitrogen and oxygen atoms in total. The summed E-state index contributed by atoms with van der Waals surface area (Å²) in [5.41, 5.74) is 5.92. The van der Waals surface area contributed by atoms with Gasteiger partial charge in [-0.25, -0.2) is 0 Å². The first kappa shape index (κ1) is 20.0. The molecule has 0 bridgehead atoms. The molecule has 0 aliphatic heterocycles. The molecule has 2 N–H and O–H groups in total. The number of unbranched alkanes of at least 4 members (excludes halogenated alkanes) is 13. The summed E-state index contributed by atoms with van der Waals surface area (Å²) < 4.78 is 0. The van der Waals surface area contributed by atoms with Crippen molar-refractivity contribution >= 4 is 0 Å². The van der Waals surface area contributed by atoms with Gasteiger partial charge < -0.3 is 5.73 Å². The largest absolute Gasteiger partial charge is 0.328 e. The van der Waals surface area contributed by atoms with E-state index in [2.05, 4.69) is 13.8 Å². The van der Waals surface area contributed by atoms with Crippen molar-refractivity contribution in [2.45, 2.75) is 123 Å². The Bertz CT molecular complexity index is 167. The summed E-state index contributed by atoms with van der Waals surface area (Å²) in [5, 5.41) is 0. The predicted molar refractivity (Wildman–Crippen MR) is 93.2 cm³/mol. The average Bonchev–Trinajstić information content (AvgIpc) is 2.47. The predicted octanol–water partition coefficient (Wildman–Crippen LogP) is 6.60. The Morgan fingerprint density at radius 2 is 0.900 bits per heavy atom. The molecular weight excluding hydrogens is 242 g/mol. The van der Waals surface area contributed by atoms with E-state index in [1.165, 1.54) is 96.3 Å². The molecule has 0 unspecified atom stereocenters. The highest BCUT2D eigenvalue weighted by Crippen LogP contribution is 2.13. The van der Waals surface area contributed by atoms with E-state index in [4.69, 9.17) is 5.73 Å². The molecule has 122 valence electrons. The molecule has 0 aromatic rings. The van der Waals surface area contributed by atoms with Gasteiger partial charge in [0.15, 0.2) is 0 Å². The first-order valence-corrected chi connectivity index (χ1v) is 9.56. The fourth-order valence-electron chi connectivity index (χ4n) is 2.81. The number of nitrogens with two attached hydrogens (primary N) is 1. The Morgan fingerprint density at radius 3 is 1.25 bits per heavy atom. The number of hydrogen-bond donors (Lipinski definition) is 1. The third-order valence-corrected chi connectivity index (χ3v) is 4.45. The monoisotopic (exact) mass is 283 g/mol. The van der Waals surface area contributed by atoms with Crippen LogP contribution >= 0.6 is 0 Å². The van der Waals surface area contributed by atoms with Crippen LogP contribution in [0.2, 0.25) is 0 Å². The molecular formula is C19H41N. The molecule has 0 saturated carbocycles. The SMILES string of the molecule is CCCCCCCCCCCCCCCC[C@@H](N)CC. The standard InChI is InChI=1S/C19H41N/c1-3-5-6-7-8-9-10-11-12-13-14-15-16-17-18-19(20)4-2/h19H,3-18,20H2,1-2H3/t19-/m0/s1. The van der Waals surface area contributed by atoms with Gasteiger partial charge in [0.2, 0.25) is 0 Å². The normalized spacial score (nSPS) is 12.8. The van der Waals surface area contributed by atoms with E-state index >= 15 is 0 Å². The van der Waals surface area contributed by atoms with Crippen LogP contribution in [0.3, 0.4) is 0 Å². The fourth-order valence-corrected chi connectivity index (χ4v) is 2.81. The van der Waals surface area contributed by atoms with Crippen molar-refractivity contribution in [3.63, 3.8) is 0 Å². The zero-order chi connectivity index (χ0) is 14.9. The summed E-state index contributed by atoms with van der Waals surface area (Å²) in [6.07, 6.45) is 22.5. The summed E-state index contributed by atoms with van der Waals surface area (Å²) in [6.45, 7) is 4.48. The van der Waals surface area contributed by atoms with Crippen LogP contribution in [-0.2, 0) is 0 Å². The maximum atomic E-state index is 5.92. The molecule has 0 rings (SSSR count). The minimum absolute atomic E-state index is 0.451. The average molecular weight is 284 g/mol. The van der Waals surface area contributed by atoms with E-state index in [0.717, 1.165) is 6.42 Å². The smallest absolute Gasteiger partial charge is 0.00362 e. The van der Waals surface area contributed by atoms with E-state index in [9.17, 15) is 0 Å². The van der Waals surface area contributed by atoms with Crippen molar-refractivity contribution in [2.24, 2.45) is 5.73 Å². The van der Waals surface area contributed by atoms with Crippen LogP contribution in [0.15, 0.2) is 0 Å². The Labute approximate surface area is 129 Å². The molecule has 0 radical (unpaired) electrons. The van der Waals surface area contributed by atoms with Crippen molar-refractivity contribution in [1.29, 1.82) is 0 Å². The molecule has 0 fully saturated rings. The second-order valence-electron chi connectivity index (χ2n) is 6.55. The minimum atomic E-state index is 0.451. The van der Waals surface area contributed by atoms with Gasteiger partial charge in [-0.1, -0.05) is 104 Å². The molecule has 0 aromatic carbocycles. The van der Waals surface area contributed by atoms with Crippen molar-refractivity contribution < 1.29 is 0 Å². The summed E-state index contributed by atoms with van der Waals surface area (Å²) >= 11 is 0. The highest BCUT2D eigenvalue weighted by molar-refractivity contribution is 4.58. The molecule has 0 aliphatic carbocycles. The van der Waals surface area contributed by atoms with Crippen LogP contribution in [0.25, 0.3) is 0 Å². The van der Waals surface area contributed by atoms with Crippen molar-refractivity contribution in [3.8, 4) is 0 Å². The lowest BCUT2D eigenvalue weighted by Crippen LogP contribution is -2.17. The lowest BCUT2D eigenvalue weighted by atomic mass is 10.0. The van der Waals surface area contributed by atoms with E-state index in [0.29, 0.717) is 6.04 Å². The molecule has 0 aliphatic rings. The van der Waals surface area contributed by atoms with Crippen LogP contribution in [0.4, 0.5) is 0 Å². The highest BCUT2D eigenvalue weighted by Gasteiger charge is 1.98. The second kappa shape index (κ2) is 17.0. The Kier molecular flexibility index (Phi) is 17.0. The van der Waals surface area contributed by atoms with Crippen molar-refractivity contribution in [1.82, 2.24) is 0 Å². The van der Waals surface area contributed by atoms with Gasteiger partial charge >= 0.3 is 0 Å². The molecule has 0 aromatic heterocycles. The van der Waals surface area contributed by atoms with Crippen LogP contribution in [0.1, 0.15) is 117 Å². The molecule has 0 saturated heterocycles. The van der Waals surface area contributed by atoms with E-state index < -0.39 is 0 Å². The zero-order valence-electron chi connectivity index (χ0n) is 14.5. The molecule has 1 atom stereocenters. The second-order valence-corrected chi connectivity index (χ2v) is 6.55. The van der Waals surface area contributed by atoms with E-state index in [1.54, 1.807) is 0 Å². The van der Waals surface area contributed by atoms with Crippen LogP contribution in [0.5, 0.6) is 0 Å². The lowest BCUT2D eigenvalue weighted by molar-refractivity contribution is 0.511. The van der Waals surface area contributed by atoms with E-state index in [1.807, 2.05) is 0 Å².